The molecule has 1 saturated heterocycles. The van der Waals surface area contributed by atoms with Crippen molar-refractivity contribution in [2.45, 2.75) is 51.7 Å². The van der Waals surface area contributed by atoms with Gasteiger partial charge in [-0.05, 0) is 47.9 Å². The summed E-state index contributed by atoms with van der Waals surface area (Å²) in [5.41, 5.74) is 3.07. The molecule has 1 aromatic heterocycles. The molecule has 0 bridgehead atoms. The molecule has 1 atom stereocenters. The second-order valence-corrected chi connectivity index (χ2v) is 10.9. The van der Waals surface area contributed by atoms with Crippen molar-refractivity contribution < 1.29 is 4.79 Å². The molecule has 6 heteroatoms. The Bertz CT molecular complexity index is 1360. The number of imidazole rings is 1. The molecule has 1 amide bonds. The molecule has 0 N–H and O–H groups in total. The van der Waals surface area contributed by atoms with E-state index in [1.54, 1.807) is 0 Å². The molecule has 0 radical (unpaired) electrons. The molecule has 1 fully saturated rings. The molecule has 1 aliphatic heterocycles. The van der Waals surface area contributed by atoms with E-state index in [1.165, 1.54) is 11.3 Å². The number of benzene rings is 3. The van der Waals surface area contributed by atoms with Gasteiger partial charge in [-0.2, -0.15) is 0 Å². The van der Waals surface area contributed by atoms with Gasteiger partial charge in [0, 0.05) is 55.0 Å². The second kappa shape index (κ2) is 11.1. The van der Waals surface area contributed by atoms with Gasteiger partial charge in [0.2, 0.25) is 0 Å². The minimum atomic E-state index is -0.107. The molecular weight excluding hydrogens is 480 g/mol. The van der Waals surface area contributed by atoms with E-state index >= 15 is 0 Å². The van der Waals surface area contributed by atoms with Gasteiger partial charge in [0.25, 0.3) is 5.91 Å². The van der Waals surface area contributed by atoms with Crippen LogP contribution < -0.4 is 0 Å². The van der Waals surface area contributed by atoms with Crippen LogP contribution in [0.15, 0.2) is 79.3 Å². The molecule has 0 spiro atoms. The van der Waals surface area contributed by atoms with Crippen LogP contribution in [-0.4, -0.2) is 50.4 Å². The summed E-state index contributed by atoms with van der Waals surface area (Å²) in [5.74, 6) is 0.131. The fourth-order valence-corrected chi connectivity index (χ4v) is 5.65. The molecule has 3 aromatic carbocycles. The van der Waals surface area contributed by atoms with Gasteiger partial charge < -0.3 is 9.47 Å². The first-order valence-electron chi connectivity index (χ1n) is 13.2. The number of rotatable bonds is 8. The van der Waals surface area contributed by atoms with Crippen molar-refractivity contribution in [3.8, 4) is 0 Å². The molecule has 5 nitrogen and oxygen atoms in total. The molecule has 5 rings (SSSR count). The van der Waals surface area contributed by atoms with Gasteiger partial charge in [-0.15, -0.1) is 0 Å². The molecule has 4 aromatic rings. The van der Waals surface area contributed by atoms with E-state index in [9.17, 15) is 4.79 Å². The van der Waals surface area contributed by atoms with E-state index in [0.717, 1.165) is 73.3 Å². The Hall–Kier alpha value is -3.15. The van der Waals surface area contributed by atoms with Crippen molar-refractivity contribution in [1.82, 2.24) is 19.4 Å². The summed E-state index contributed by atoms with van der Waals surface area (Å²) in [6, 6.07) is 22.2. The van der Waals surface area contributed by atoms with Crippen LogP contribution in [-0.2, 0) is 13.1 Å². The van der Waals surface area contributed by atoms with Gasteiger partial charge >= 0.3 is 0 Å². The van der Waals surface area contributed by atoms with Gasteiger partial charge in [-0.3, -0.25) is 9.69 Å². The van der Waals surface area contributed by atoms with Crippen molar-refractivity contribution in [1.29, 1.82) is 0 Å². The number of nitrogens with zero attached hydrogens (tertiary/aromatic N) is 4. The summed E-state index contributed by atoms with van der Waals surface area (Å²) >= 11 is 6.07. The number of carbonyl (C=O) groups excluding carboxylic acids is 1. The monoisotopic (exact) mass is 514 g/mol. The standard InChI is InChI=1S/C31H35ClN4O/c1-3-4-16-31(2)22-34(30(37)29-11-7-9-25-8-5-6-10-28(25)29)17-18-36(31)21-27-19-33-23-35(27)20-24-12-14-26(32)15-13-24/h5-15,19,23H,3-4,16-18,20-22H2,1-2H3. The van der Waals surface area contributed by atoms with Crippen LogP contribution in [0, 0.1) is 0 Å². The van der Waals surface area contributed by atoms with Crippen molar-refractivity contribution in [2.24, 2.45) is 0 Å². The second-order valence-electron chi connectivity index (χ2n) is 10.4. The highest BCUT2D eigenvalue weighted by Crippen LogP contribution is 2.31. The molecule has 37 heavy (non-hydrogen) atoms. The highest BCUT2D eigenvalue weighted by molar-refractivity contribution is 6.30. The Labute approximate surface area is 224 Å². The zero-order valence-corrected chi connectivity index (χ0v) is 22.5. The van der Waals surface area contributed by atoms with Crippen LogP contribution >= 0.6 is 11.6 Å². The summed E-state index contributed by atoms with van der Waals surface area (Å²) in [5, 5.41) is 2.88. The number of hydrogen-bond donors (Lipinski definition) is 0. The highest BCUT2D eigenvalue weighted by Gasteiger charge is 2.39. The zero-order valence-electron chi connectivity index (χ0n) is 21.7. The predicted molar refractivity (Wildman–Crippen MR) is 151 cm³/mol. The number of aromatic nitrogens is 2. The summed E-state index contributed by atoms with van der Waals surface area (Å²) in [6.45, 7) is 8.40. The van der Waals surface area contributed by atoms with Gasteiger partial charge in [-0.1, -0.05) is 79.9 Å². The molecular formula is C31H35ClN4O. The van der Waals surface area contributed by atoms with Gasteiger partial charge in [0.15, 0.2) is 0 Å². The number of unbranched alkanes of at least 4 members (excludes halogenated alkanes) is 1. The number of amides is 1. The molecule has 2 heterocycles. The quantitative estimate of drug-likeness (QED) is 0.264. The maximum absolute atomic E-state index is 13.8. The largest absolute Gasteiger partial charge is 0.335 e. The average Bonchev–Trinajstić information content (AvgIpc) is 3.35. The van der Waals surface area contributed by atoms with Crippen LogP contribution in [0.1, 0.15) is 54.7 Å². The Balaban J connectivity index is 1.35. The number of hydrogen-bond acceptors (Lipinski definition) is 3. The van der Waals surface area contributed by atoms with E-state index < -0.39 is 0 Å². The minimum Gasteiger partial charge on any atom is -0.335 e. The van der Waals surface area contributed by atoms with E-state index in [0.29, 0.717) is 0 Å². The highest BCUT2D eigenvalue weighted by atomic mass is 35.5. The lowest BCUT2D eigenvalue weighted by Gasteiger charge is -2.49. The minimum absolute atomic E-state index is 0.107. The first-order valence-corrected chi connectivity index (χ1v) is 13.6. The van der Waals surface area contributed by atoms with E-state index in [2.05, 4.69) is 63.5 Å². The Morgan fingerprint density at radius 3 is 2.59 bits per heavy atom. The summed E-state index contributed by atoms with van der Waals surface area (Å²) < 4.78 is 2.22. The predicted octanol–water partition coefficient (Wildman–Crippen LogP) is 6.64. The third-order valence-corrected chi connectivity index (χ3v) is 7.98. The Morgan fingerprint density at radius 2 is 1.78 bits per heavy atom. The lowest BCUT2D eigenvalue weighted by molar-refractivity contribution is -0.00174. The summed E-state index contributed by atoms with van der Waals surface area (Å²) in [7, 11) is 0. The van der Waals surface area contributed by atoms with E-state index in [1.807, 2.05) is 48.9 Å². The first-order chi connectivity index (χ1) is 18.0. The molecule has 0 saturated carbocycles. The Kier molecular flexibility index (Phi) is 7.63. The number of piperazine rings is 1. The van der Waals surface area contributed by atoms with Crippen molar-refractivity contribution in [3.63, 3.8) is 0 Å². The van der Waals surface area contributed by atoms with E-state index in [4.69, 9.17) is 11.6 Å². The van der Waals surface area contributed by atoms with Crippen LogP contribution in [0.5, 0.6) is 0 Å². The lowest BCUT2D eigenvalue weighted by Crippen LogP contribution is -2.61. The zero-order chi connectivity index (χ0) is 25.8. The van der Waals surface area contributed by atoms with Crippen molar-refractivity contribution in [2.75, 3.05) is 19.6 Å². The van der Waals surface area contributed by atoms with Crippen molar-refractivity contribution in [3.05, 3.63) is 101 Å². The van der Waals surface area contributed by atoms with Crippen molar-refractivity contribution >= 4 is 28.3 Å². The first kappa shape index (κ1) is 25.5. The molecule has 1 unspecified atom stereocenters. The average molecular weight is 515 g/mol. The van der Waals surface area contributed by atoms with Crippen LogP contribution in [0.2, 0.25) is 5.02 Å². The number of halogens is 1. The fraction of sp³-hybridized carbons (Fsp3) is 0.355. The van der Waals surface area contributed by atoms with Gasteiger partial charge in [0.1, 0.15) is 0 Å². The number of carbonyl (C=O) groups is 1. The topological polar surface area (TPSA) is 41.4 Å². The maximum atomic E-state index is 13.8. The SMILES string of the molecule is CCCCC1(C)CN(C(=O)c2cccc3ccccc23)CCN1Cc1cncn1Cc1ccc(Cl)cc1. The van der Waals surface area contributed by atoms with Crippen LogP contribution in [0.3, 0.4) is 0 Å². The molecule has 1 aliphatic rings. The molecule has 192 valence electrons. The third kappa shape index (κ3) is 5.58. The Morgan fingerprint density at radius 1 is 1.00 bits per heavy atom. The smallest absolute Gasteiger partial charge is 0.254 e. The summed E-state index contributed by atoms with van der Waals surface area (Å²) in [4.78, 5) is 22.9. The van der Waals surface area contributed by atoms with Gasteiger partial charge in [0.05, 0.1) is 12.0 Å². The van der Waals surface area contributed by atoms with Crippen LogP contribution in [0.25, 0.3) is 10.8 Å². The van der Waals surface area contributed by atoms with Crippen LogP contribution in [0.4, 0.5) is 0 Å². The lowest BCUT2D eigenvalue weighted by atomic mass is 9.89. The normalized spacial score (nSPS) is 18.4. The maximum Gasteiger partial charge on any atom is 0.254 e. The fourth-order valence-electron chi connectivity index (χ4n) is 5.53. The third-order valence-electron chi connectivity index (χ3n) is 7.73. The van der Waals surface area contributed by atoms with Gasteiger partial charge in [-0.25, -0.2) is 4.98 Å². The summed E-state index contributed by atoms with van der Waals surface area (Å²) in [6.07, 6.45) is 7.20. The number of fused-ring (bicyclic) bond motifs is 1. The molecule has 0 aliphatic carbocycles. The van der Waals surface area contributed by atoms with E-state index in [-0.39, 0.29) is 11.4 Å².